The van der Waals surface area contributed by atoms with E-state index in [1.54, 1.807) is 28.1 Å². The number of esters is 1. The number of hydrogen-bond acceptors (Lipinski definition) is 17. The third kappa shape index (κ3) is 22.6. The number of ketones is 2. The first kappa shape index (κ1) is 69.6. The molecule has 462 valence electrons. The molecule has 3 heterocycles. The van der Waals surface area contributed by atoms with Crippen LogP contribution in [0.3, 0.4) is 0 Å². The Morgan fingerprint density at radius 1 is 0.765 bits per heavy atom. The predicted molar refractivity (Wildman–Crippen MR) is 306 cm³/mol. The lowest BCUT2D eigenvalue weighted by atomic mass is 9.78. The molecule has 2 bridgehead atoms. The van der Waals surface area contributed by atoms with Gasteiger partial charge in [0, 0.05) is 59.3 Å². The second kappa shape index (κ2) is 36.7. The molecule has 81 heavy (non-hydrogen) atoms. The number of piperidine rings is 1. The van der Waals surface area contributed by atoms with Gasteiger partial charge >= 0.3 is 12.1 Å². The fraction of sp³-hybridized carbons (Fsp3) is 0.790. The quantitative estimate of drug-likeness (QED) is 0.0456. The molecule has 3 N–H and O–H groups in total. The lowest BCUT2D eigenvalue weighted by Crippen LogP contribution is -2.61. The zero-order chi connectivity index (χ0) is 59.5. The highest BCUT2D eigenvalue weighted by atomic mass is 16.6. The Kier molecular flexibility index (Phi) is 31.6. The Hall–Kier alpha value is -3.89. The van der Waals surface area contributed by atoms with E-state index in [1.807, 2.05) is 78.0 Å². The van der Waals surface area contributed by atoms with Crippen LogP contribution in [0.2, 0.25) is 0 Å². The van der Waals surface area contributed by atoms with Crippen molar-refractivity contribution in [3.63, 3.8) is 0 Å². The van der Waals surface area contributed by atoms with Crippen molar-refractivity contribution in [3.8, 4) is 0 Å². The summed E-state index contributed by atoms with van der Waals surface area (Å²) >= 11 is 0. The van der Waals surface area contributed by atoms with Crippen molar-refractivity contribution in [1.29, 1.82) is 0 Å². The van der Waals surface area contributed by atoms with Gasteiger partial charge in [0.1, 0.15) is 30.5 Å². The molecule has 19 heteroatoms. The molecule has 4 rings (SSSR count). The van der Waals surface area contributed by atoms with Gasteiger partial charge in [-0.05, 0) is 133 Å². The van der Waals surface area contributed by atoms with Crippen LogP contribution in [-0.4, -0.2) is 186 Å². The number of aliphatic hydroxyl groups excluding tert-OH is 1. The van der Waals surface area contributed by atoms with Crippen molar-refractivity contribution in [1.82, 2.24) is 10.2 Å². The van der Waals surface area contributed by atoms with Crippen molar-refractivity contribution < 1.29 is 81.6 Å². The van der Waals surface area contributed by atoms with Gasteiger partial charge in [0.15, 0.2) is 5.78 Å². The van der Waals surface area contributed by atoms with Crippen molar-refractivity contribution in [2.75, 3.05) is 87.3 Å². The Bertz CT molecular complexity index is 2050. The molecule has 0 radical (unpaired) electrons. The number of fused-ring (bicyclic) bond motifs is 3. The van der Waals surface area contributed by atoms with E-state index >= 15 is 0 Å². The van der Waals surface area contributed by atoms with Crippen LogP contribution in [0, 0.1) is 35.5 Å². The van der Waals surface area contributed by atoms with E-state index in [9.17, 15) is 34.2 Å². The zero-order valence-corrected chi connectivity index (χ0v) is 50.8. The molecule has 2 amide bonds. The molecule has 1 saturated carbocycles. The van der Waals surface area contributed by atoms with E-state index in [1.165, 1.54) is 12.0 Å². The summed E-state index contributed by atoms with van der Waals surface area (Å²) in [4.78, 5) is 71.4. The number of methoxy groups -OCH3 is 3. The van der Waals surface area contributed by atoms with Crippen LogP contribution in [0.1, 0.15) is 139 Å². The number of ether oxygens (including phenoxy) is 10. The third-order valence-corrected chi connectivity index (χ3v) is 16.6. The number of carbonyl (C=O) groups excluding carboxylic acids is 5. The Morgan fingerprint density at radius 3 is 2.12 bits per heavy atom. The van der Waals surface area contributed by atoms with Gasteiger partial charge in [-0.3, -0.25) is 14.4 Å². The minimum absolute atomic E-state index is 0.0447. The highest BCUT2D eigenvalue weighted by Crippen LogP contribution is 2.38. The second-order valence-electron chi connectivity index (χ2n) is 23.0. The molecule has 19 nitrogen and oxygen atoms in total. The molecule has 15 atom stereocenters. The molecule has 2 saturated heterocycles. The lowest BCUT2D eigenvalue weighted by Gasteiger charge is -2.42. The maximum atomic E-state index is 14.6. The van der Waals surface area contributed by atoms with E-state index in [-0.39, 0.29) is 61.7 Å². The van der Waals surface area contributed by atoms with Gasteiger partial charge < -0.3 is 67.8 Å². The van der Waals surface area contributed by atoms with Gasteiger partial charge in [-0.25, -0.2) is 9.59 Å². The number of cyclic esters (lactones) is 1. The molecule has 0 spiro atoms. The number of Topliss-reactive ketones (excluding diaryl/α,β-unsaturated/α-hetero) is 2. The highest BCUT2D eigenvalue weighted by molar-refractivity contribution is 6.39. The number of nitrogens with one attached hydrogen (secondary N) is 1. The summed E-state index contributed by atoms with van der Waals surface area (Å²) in [5.41, 5.74) is 1.47. The Labute approximate surface area is 483 Å². The van der Waals surface area contributed by atoms with Crippen molar-refractivity contribution in [3.05, 3.63) is 47.6 Å². The number of alkyl carbamates (subject to hydrolysis) is 1. The van der Waals surface area contributed by atoms with E-state index in [0.717, 1.165) is 12.0 Å². The van der Waals surface area contributed by atoms with Gasteiger partial charge in [-0.15, -0.1) is 0 Å². The smallest absolute Gasteiger partial charge is 0.407 e. The zero-order valence-electron chi connectivity index (χ0n) is 50.8. The molecule has 1 aliphatic carbocycles. The molecule has 3 aliphatic heterocycles. The normalized spacial score (nSPS) is 34.6. The molecule has 0 aromatic heterocycles. The van der Waals surface area contributed by atoms with E-state index in [2.05, 4.69) is 5.32 Å². The highest BCUT2D eigenvalue weighted by Gasteiger charge is 2.53. The summed E-state index contributed by atoms with van der Waals surface area (Å²) in [6, 6.07) is -1.07. The van der Waals surface area contributed by atoms with E-state index in [0.29, 0.717) is 122 Å². The number of rotatable bonds is 20. The van der Waals surface area contributed by atoms with Crippen LogP contribution >= 0.6 is 0 Å². The molecule has 4 aliphatic rings. The first-order chi connectivity index (χ1) is 38.8. The average Bonchev–Trinajstić information content (AvgIpc) is 3.46. The van der Waals surface area contributed by atoms with Crippen LogP contribution in [0.15, 0.2) is 47.6 Å². The predicted octanol–water partition coefficient (Wildman–Crippen LogP) is 7.82. The van der Waals surface area contributed by atoms with Crippen molar-refractivity contribution in [2.45, 2.75) is 193 Å². The summed E-state index contributed by atoms with van der Waals surface area (Å²) in [6.45, 7) is 19.4. The summed E-state index contributed by atoms with van der Waals surface area (Å²) in [5.74, 6) is -6.55. The number of nitrogens with zero attached hydrogens (tertiary/aromatic N) is 1. The number of allylic oxidation sites excluding steroid dienone is 6. The minimum Gasteiger partial charge on any atom is -0.461 e. The first-order valence-electron chi connectivity index (χ1n) is 30.0. The summed E-state index contributed by atoms with van der Waals surface area (Å²) in [6.07, 6.45) is 13.1. The second-order valence-corrected chi connectivity index (χ2v) is 23.0. The average molecular weight is 1150 g/mol. The van der Waals surface area contributed by atoms with Crippen LogP contribution in [0.4, 0.5) is 4.79 Å². The van der Waals surface area contributed by atoms with E-state index < -0.39 is 84.0 Å². The van der Waals surface area contributed by atoms with Gasteiger partial charge in [0.25, 0.3) is 11.7 Å². The lowest BCUT2D eigenvalue weighted by molar-refractivity contribution is -0.265. The molecule has 3 fully saturated rings. The van der Waals surface area contributed by atoms with Crippen LogP contribution < -0.4 is 5.32 Å². The maximum Gasteiger partial charge on any atom is 0.407 e. The third-order valence-electron chi connectivity index (χ3n) is 16.6. The van der Waals surface area contributed by atoms with Crippen molar-refractivity contribution in [2.24, 2.45) is 35.5 Å². The molecule has 0 unspecified atom stereocenters. The first-order valence-corrected chi connectivity index (χ1v) is 30.0. The maximum absolute atomic E-state index is 14.6. The molecular formula is C62H102N2O17. The van der Waals surface area contributed by atoms with Crippen LogP contribution in [0.5, 0.6) is 0 Å². The number of aliphatic hydroxyl groups is 2. The summed E-state index contributed by atoms with van der Waals surface area (Å²) in [7, 11) is 4.63. The van der Waals surface area contributed by atoms with Gasteiger partial charge in [-0.2, -0.15) is 0 Å². The number of carbonyl (C=O) groups is 5. The van der Waals surface area contributed by atoms with Crippen LogP contribution in [-0.2, 0) is 66.5 Å². The summed E-state index contributed by atoms with van der Waals surface area (Å²) in [5, 5.41) is 26.4. The SMILES string of the molecule is CCOCCOCCOCCOCCNC(=O)O[C@@H]1CC[C@@H](C[C@@H](C)[C@@H]2CC[C@H](C)/C=C(\C)[C@@H](O)[C@@H](OC)C(=O)[C@H](C)C[C@H](C)/C=C/C=C/C=C(\C)[C@@H](OC)C[C@@H]3CC[C@@H](C)[C@@](O)(O3)C(=O)C(=O)N3CCCC[C@H]3C(=O)O2)C[C@H]1OC. The monoisotopic (exact) mass is 1150 g/mol. The van der Waals surface area contributed by atoms with Crippen LogP contribution in [0.25, 0.3) is 0 Å². The summed E-state index contributed by atoms with van der Waals surface area (Å²) < 4.78 is 57.8. The van der Waals surface area contributed by atoms with E-state index in [4.69, 9.17) is 47.4 Å². The van der Waals surface area contributed by atoms with Gasteiger partial charge in [0.05, 0.1) is 64.6 Å². The molecular weight excluding hydrogens is 1040 g/mol. The fourth-order valence-electron chi connectivity index (χ4n) is 11.6. The van der Waals surface area contributed by atoms with Gasteiger partial charge in [-0.1, -0.05) is 71.1 Å². The molecule has 0 aromatic rings. The fourth-order valence-corrected chi connectivity index (χ4v) is 11.6. The minimum atomic E-state index is -2.41. The van der Waals surface area contributed by atoms with Gasteiger partial charge in [0.2, 0.25) is 5.79 Å². The standard InChI is InChI=1S/C62H102N2O17/c1-12-75-30-31-77-34-35-78-33-32-76-29-27-63-61(70)80-52-26-23-48(39-54(52)73-10)38-44(5)51-25-21-42(3)37-46(7)56(66)57(74-11)55(65)45(6)36-41(2)18-14-13-15-19-43(4)53(72-9)40-49-24-22-47(8)62(71,81-49)58(67)59(68)64-28-17-16-20-50(64)60(69)79-51/h13-15,18-19,37,41-42,44-45,47-54,56-57,66,71H,12,16-17,20-36,38-40H2,1-11H3,(H,63,70)/b15-13+,18-14+,43-19+,46-37+/t41-,42+,44-,45-,47-,48+,49+,50+,51+,52-,53+,54-,56-,57+,62-/m1/s1. The Balaban J connectivity index is 1.51. The number of amides is 2. The number of hydrogen-bond donors (Lipinski definition) is 3. The van der Waals surface area contributed by atoms with Crippen molar-refractivity contribution >= 4 is 29.5 Å². The Morgan fingerprint density at radius 2 is 1.46 bits per heavy atom. The molecule has 0 aromatic carbocycles. The topological polar surface area (TPSA) is 233 Å². The largest absolute Gasteiger partial charge is 0.461 e.